The molecule has 0 aromatic heterocycles. The molecule has 0 aliphatic heterocycles. The Bertz CT molecular complexity index is 428. The number of rotatable bonds is 6. The van der Waals surface area contributed by atoms with Gasteiger partial charge in [-0.15, -0.1) is 0 Å². The van der Waals surface area contributed by atoms with E-state index in [2.05, 4.69) is 25.5 Å². The van der Waals surface area contributed by atoms with Crippen molar-refractivity contribution in [1.82, 2.24) is 0 Å². The summed E-state index contributed by atoms with van der Waals surface area (Å²) in [6.07, 6.45) is 0.676. The van der Waals surface area contributed by atoms with E-state index in [-0.39, 0.29) is 16.9 Å². The quantitative estimate of drug-likeness (QED) is 0.854. The van der Waals surface area contributed by atoms with Crippen LogP contribution in [-0.4, -0.2) is 18.8 Å². The summed E-state index contributed by atoms with van der Waals surface area (Å²) < 4.78 is 34.0. The van der Waals surface area contributed by atoms with Gasteiger partial charge in [0, 0.05) is 0 Å². The topological polar surface area (TPSA) is 38.7 Å². The molecule has 1 aromatic rings. The third-order valence-corrected chi connectivity index (χ3v) is 2.96. The molecule has 1 unspecified atom stereocenters. The lowest BCUT2D eigenvalue weighted by atomic mass is 9.88. The Kier molecular flexibility index (Phi) is 5.74. The number of methoxy groups -OCH3 is 1. The zero-order chi connectivity index (χ0) is 15.3. The summed E-state index contributed by atoms with van der Waals surface area (Å²) in [6.45, 7) is 3.32. The molecule has 0 radical (unpaired) electrons. The number of ether oxygens (including phenoxy) is 2. The van der Waals surface area contributed by atoms with Crippen LogP contribution < -0.4 is 9.47 Å². The lowest BCUT2D eigenvalue weighted by Gasteiger charge is -2.21. The summed E-state index contributed by atoms with van der Waals surface area (Å²) >= 11 is 0. The van der Waals surface area contributed by atoms with E-state index in [0.29, 0.717) is 12.0 Å². The first kappa shape index (κ1) is 16.7. The highest BCUT2D eigenvalue weighted by Gasteiger charge is 2.17. The van der Waals surface area contributed by atoms with E-state index in [9.17, 15) is 13.9 Å². The normalized spacial score (nSPS) is 13.4. The van der Waals surface area contributed by atoms with E-state index in [1.54, 1.807) is 6.07 Å². The second-order valence-electron chi connectivity index (χ2n) is 5.90. The Morgan fingerprint density at radius 2 is 1.85 bits per heavy atom. The molecule has 0 amide bonds. The molecule has 1 N–H and O–H groups in total. The Balaban J connectivity index is 2.84. The Morgan fingerprint density at radius 1 is 1.20 bits per heavy atom. The van der Waals surface area contributed by atoms with Gasteiger partial charge in [-0.3, -0.25) is 0 Å². The van der Waals surface area contributed by atoms with Gasteiger partial charge in [0.05, 0.1) is 13.2 Å². The number of aliphatic hydroxyl groups excluding tert-OH is 1. The predicted octanol–water partition coefficient (Wildman–Crippen LogP) is 4.16. The minimum absolute atomic E-state index is 0.0604. The summed E-state index contributed by atoms with van der Waals surface area (Å²) in [5, 5.41) is 10.1. The lowest BCUT2D eigenvalue weighted by molar-refractivity contribution is -0.0513. The summed E-state index contributed by atoms with van der Waals surface area (Å²) in [5.74, 6) is 0.159. The zero-order valence-electron chi connectivity index (χ0n) is 12.3. The highest BCUT2D eigenvalue weighted by atomic mass is 19.3. The van der Waals surface area contributed by atoms with Gasteiger partial charge in [0.15, 0.2) is 11.5 Å². The molecule has 3 nitrogen and oxygen atoms in total. The average Bonchev–Trinajstić information content (AvgIpc) is 2.34. The number of halogens is 2. The summed E-state index contributed by atoms with van der Waals surface area (Å²) in [6, 6.07) is 4.58. The molecule has 0 fully saturated rings. The van der Waals surface area contributed by atoms with Crippen molar-refractivity contribution in [2.24, 2.45) is 5.41 Å². The first-order valence-corrected chi connectivity index (χ1v) is 6.54. The molecule has 5 heteroatoms. The van der Waals surface area contributed by atoms with Gasteiger partial charge in [-0.05, 0) is 36.0 Å². The van der Waals surface area contributed by atoms with E-state index in [0.717, 1.165) is 6.42 Å². The Morgan fingerprint density at radius 3 is 2.35 bits per heavy atom. The molecule has 0 aliphatic carbocycles. The van der Waals surface area contributed by atoms with Crippen LogP contribution in [0.2, 0.25) is 0 Å². The van der Waals surface area contributed by atoms with Crippen molar-refractivity contribution in [3.63, 3.8) is 0 Å². The lowest BCUT2D eigenvalue weighted by Crippen LogP contribution is -2.09. The smallest absolute Gasteiger partial charge is 0.387 e. The van der Waals surface area contributed by atoms with E-state index in [1.807, 2.05) is 0 Å². The zero-order valence-corrected chi connectivity index (χ0v) is 12.3. The van der Waals surface area contributed by atoms with Crippen LogP contribution in [0.15, 0.2) is 18.2 Å². The van der Waals surface area contributed by atoms with E-state index in [1.165, 1.54) is 19.2 Å². The fourth-order valence-electron chi connectivity index (χ4n) is 1.83. The molecule has 1 atom stereocenters. The maximum absolute atomic E-state index is 12.3. The van der Waals surface area contributed by atoms with Crippen molar-refractivity contribution in [3.8, 4) is 11.5 Å². The van der Waals surface area contributed by atoms with Gasteiger partial charge in [-0.25, -0.2) is 0 Å². The maximum Gasteiger partial charge on any atom is 0.387 e. The molecule has 20 heavy (non-hydrogen) atoms. The average molecular weight is 288 g/mol. The maximum atomic E-state index is 12.3. The Hall–Kier alpha value is -1.36. The first-order valence-electron chi connectivity index (χ1n) is 6.54. The summed E-state index contributed by atoms with van der Waals surface area (Å²) in [4.78, 5) is 0. The molecule has 0 aliphatic rings. The van der Waals surface area contributed by atoms with Gasteiger partial charge >= 0.3 is 6.61 Å². The monoisotopic (exact) mass is 288 g/mol. The molecular weight excluding hydrogens is 266 g/mol. The number of hydrogen-bond donors (Lipinski definition) is 1. The first-order chi connectivity index (χ1) is 9.23. The van der Waals surface area contributed by atoms with Crippen LogP contribution in [0.5, 0.6) is 11.5 Å². The van der Waals surface area contributed by atoms with Crippen LogP contribution in [0.4, 0.5) is 8.78 Å². The summed E-state index contributed by atoms with van der Waals surface area (Å²) in [7, 11) is 1.38. The highest BCUT2D eigenvalue weighted by molar-refractivity contribution is 5.43. The molecule has 0 bridgehead atoms. The van der Waals surface area contributed by atoms with Crippen molar-refractivity contribution in [3.05, 3.63) is 23.8 Å². The van der Waals surface area contributed by atoms with E-state index in [4.69, 9.17) is 4.74 Å². The largest absolute Gasteiger partial charge is 0.493 e. The molecule has 0 spiro atoms. The fourth-order valence-corrected chi connectivity index (χ4v) is 1.83. The van der Waals surface area contributed by atoms with Gasteiger partial charge in [0.1, 0.15) is 0 Å². The van der Waals surface area contributed by atoms with Crippen LogP contribution in [0.25, 0.3) is 0 Å². The van der Waals surface area contributed by atoms with Crippen LogP contribution in [0.1, 0.15) is 45.3 Å². The van der Waals surface area contributed by atoms with Gasteiger partial charge in [-0.2, -0.15) is 8.78 Å². The van der Waals surface area contributed by atoms with Crippen LogP contribution >= 0.6 is 0 Å². The van der Waals surface area contributed by atoms with Crippen LogP contribution in [0.3, 0.4) is 0 Å². The molecule has 0 saturated heterocycles. The Labute approximate surface area is 118 Å². The minimum atomic E-state index is -2.93. The number of benzene rings is 1. The van der Waals surface area contributed by atoms with Crippen LogP contribution in [-0.2, 0) is 0 Å². The molecule has 0 saturated carbocycles. The predicted molar refractivity (Wildman–Crippen MR) is 73.3 cm³/mol. The van der Waals surface area contributed by atoms with Crippen molar-refractivity contribution in [2.45, 2.75) is 46.3 Å². The SMILES string of the molecule is COc1ccc(C(O)CCC(C)(C)C)cc1OC(F)F. The third kappa shape index (κ3) is 5.33. The second-order valence-corrected chi connectivity index (χ2v) is 5.90. The number of aliphatic hydroxyl groups is 1. The standard InChI is InChI=1S/C15H22F2O3/c1-15(2,3)8-7-11(18)10-5-6-12(19-4)13(9-10)20-14(16)17/h5-6,9,11,14,18H,7-8H2,1-4H3. The fraction of sp³-hybridized carbons (Fsp3) is 0.600. The number of hydrogen-bond acceptors (Lipinski definition) is 3. The molecule has 1 aromatic carbocycles. The van der Waals surface area contributed by atoms with Gasteiger partial charge in [0.25, 0.3) is 0 Å². The number of alkyl halides is 2. The van der Waals surface area contributed by atoms with Crippen molar-refractivity contribution < 1.29 is 23.4 Å². The molecule has 114 valence electrons. The van der Waals surface area contributed by atoms with E-state index < -0.39 is 12.7 Å². The molecule has 0 heterocycles. The van der Waals surface area contributed by atoms with Gasteiger partial charge < -0.3 is 14.6 Å². The molecular formula is C15H22F2O3. The van der Waals surface area contributed by atoms with Crippen molar-refractivity contribution >= 4 is 0 Å². The second kappa shape index (κ2) is 6.88. The highest BCUT2D eigenvalue weighted by Crippen LogP contribution is 2.34. The minimum Gasteiger partial charge on any atom is -0.493 e. The van der Waals surface area contributed by atoms with Crippen molar-refractivity contribution in [2.75, 3.05) is 7.11 Å². The molecule has 1 rings (SSSR count). The van der Waals surface area contributed by atoms with Crippen LogP contribution in [0, 0.1) is 5.41 Å². The summed E-state index contributed by atoms with van der Waals surface area (Å²) in [5.41, 5.74) is 0.654. The van der Waals surface area contributed by atoms with Gasteiger partial charge in [-0.1, -0.05) is 26.8 Å². The van der Waals surface area contributed by atoms with E-state index >= 15 is 0 Å². The third-order valence-electron chi connectivity index (χ3n) is 2.96. The van der Waals surface area contributed by atoms with Crippen molar-refractivity contribution in [1.29, 1.82) is 0 Å². The van der Waals surface area contributed by atoms with Gasteiger partial charge in [0.2, 0.25) is 0 Å².